The molecule has 0 fully saturated rings. The van der Waals surface area contributed by atoms with Crippen LogP contribution in [0.5, 0.6) is 0 Å². The summed E-state index contributed by atoms with van der Waals surface area (Å²) in [7, 11) is 0. The highest BCUT2D eigenvalue weighted by Crippen LogP contribution is 2.39. The van der Waals surface area contributed by atoms with Gasteiger partial charge >= 0.3 is 6.18 Å². The summed E-state index contributed by atoms with van der Waals surface area (Å²) in [5, 5.41) is 18.1. The minimum Gasteiger partial charge on any atom is -0.372 e. The Hall–Kier alpha value is -2.97. The average Bonchev–Trinajstić information content (AvgIpc) is 2.61. The monoisotopic (exact) mass is 366 g/mol. The van der Waals surface area contributed by atoms with Gasteiger partial charge in [-0.05, 0) is 44.2 Å². The Morgan fingerprint density at radius 3 is 2.15 bits per heavy atom. The highest BCUT2D eigenvalue weighted by Gasteiger charge is 2.35. The fourth-order valence-corrected chi connectivity index (χ4v) is 2.38. The number of rotatable bonds is 6. The highest BCUT2D eigenvalue weighted by molar-refractivity contribution is 5.55. The number of alkyl halides is 3. The minimum atomic E-state index is -4.77. The molecule has 0 unspecified atom stereocenters. The van der Waals surface area contributed by atoms with Gasteiger partial charge in [0.25, 0.3) is 5.69 Å². The van der Waals surface area contributed by atoms with Gasteiger partial charge in [-0.1, -0.05) is 0 Å². The molecule has 0 bridgehead atoms. The fraction of sp³-hybridized carbons (Fsp3) is 0.294. The van der Waals surface area contributed by atoms with Crippen molar-refractivity contribution in [3.05, 3.63) is 58.1 Å². The molecule has 2 aromatic rings. The first-order valence-corrected chi connectivity index (χ1v) is 7.88. The number of azo groups is 1. The largest absolute Gasteiger partial charge is 0.418 e. The molecule has 138 valence electrons. The maximum Gasteiger partial charge on any atom is 0.418 e. The number of halogens is 3. The van der Waals surface area contributed by atoms with E-state index in [-0.39, 0.29) is 0 Å². The van der Waals surface area contributed by atoms with Crippen LogP contribution in [0.1, 0.15) is 19.4 Å². The van der Waals surface area contributed by atoms with Crippen LogP contribution < -0.4 is 4.90 Å². The van der Waals surface area contributed by atoms with Crippen LogP contribution >= 0.6 is 0 Å². The Balaban J connectivity index is 2.31. The van der Waals surface area contributed by atoms with E-state index in [0.717, 1.165) is 30.9 Å². The number of nitro groups is 1. The zero-order valence-corrected chi connectivity index (χ0v) is 14.2. The smallest absolute Gasteiger partial charge is 0.372 e. The lowest BCUT2D eigenvalue weighted by Crippen LogP contribution is -2.21. The van der Waals surface area contributed by atoms with Crippen LogP contribution in [0, 0.1) is 10.1 Å². The van der Waals surface area contributed by atoms with Crippen molar-refractivity contribution in [3.8, 4) is 0 Å². The van der Waals surface area contributed by atoms with Gasteiger partial charge in [0.1, 0.15) is 0 Å². The zero-order chi connectivity index (χ0) is 19.3. The van der Waals surface area contributed by atoms with Crippen LogP contribution in [0.2, 0.25) is 0 Å². The van der Waals surface area contributed by atoms with E-state index in [1.165, 1.54) is 0 Å². The SMILES string of the molecule is CCN(CC)c1ccc(N=Nc2ccc([N+](=O)[O-])cc2C(F)(F)F)cc1. The molecule has 0 saturated carbocycles. The predicted octanol–water partition coefficient (Wildman–Crippen LogP) is 5.88. The average molecular weight is 366 g/mol. The molecular weight excluding hydrogens is 349 g/mol. The van der Waals surface area contributed by atoms with E-state index in [1.54, 1.807) is 12.1 Å². The van der Waals surface area contributed by atoms with Crippen LogP contribution in [-0.2, 0) is 6.18 Å². The molecule has 0 aliphatic heterocycles. The van der Waals surface area contributed by atoms with Crippen molar-refractivity contribution in [1.82, 2.24) is 0 Å². The van der Waals surface area contributed by atoms with E-state index in [0.29, 0.717) is 11.8 Å². The van der Waals surface area contributed by atoms with Crippen LogP contribution in [0.3, 0.4) is 0 Å². The Morgan fingerprint density at radius 2 is 1.65 bits per heavy atom. The lowest BCUT2D eigenvalue weighted by Gasteiger charge is -2.20. The Morgan fingerprint density at radius 1 is 1.04 bits per heavy atom. The maximum atomic E-state index is 13.1. The Kier molecular flexibility index (Phi) is 5.91. The van der Waals surface area contributed by atoms with Gasteiger partial charge in [0.2, 0.25) is 0 Å². The number of nitrogens with zero attached hydrogens (tertiary/aromatic N) is 4. The summed E-state index contributed by atoms with van der Waals surface area (Å²) in [6.45, 7) is 5.69. The van der Waals surface area contributed by atoms with Gasteiger partial charge in [0.05, 0.1) is 21.9 Å². The van der Waals surface area contributed by atoms with Gasteiger partial charge in [0.15, 0.2) is 0 Å². The van der Waals surface area contributed by atoms with E-state index in [2.05, 4.69) is 15.1 Å². The van der Waals surface area contributed by atoms with E-state index in [1.807, 2.05) is 26.0 Å². The topological polar surface area (TPSA) is 71.1 Å². The van der Waals surface area contributed by atoms with Crippen molar-refractivity contribution >= 4 is 22.7 Å². The Bertz CT molecular complexity index is 801. The summed E-state index contributed by atoms with van der Waals surface area (Å²) in [5.74, 6) is 0. The second kappa shape index (κ2) is 7.94. The molecule has 0 aliphatic rings. The molecule has 9 heteroatoms. The number of hydrogen-bond acceptors (Lipinski definition) is 5. The van der Waals surface area contributed by atoms with E-state index in [9.17, 15) is 23.3 Å². The van der Waals surface area contributed by atoms with Crippen molar-refractivity contribution in [2.24, 2.45) is 10.2 Å². The molecule has 0 saturated heterocycles. The Labute approximate surface area is 148 Å². The summed E-state index contributed by atoms with van der Waals surface area (Å²) in [6.07, 6.45) is -4.77. The first-order chi connectivity index (χ1) is 12.3. The van der Waals surface area contributed by atoms with Gasteiger partial charge in [0, 0.05) is 30.9 Å². The highest BCUT2D eigenvalue weighted by atomic mass is 19.4. The molecule has 0 spiro atoms. The first-order valence-electron chi connectivity index (χ1n) is 7.88. The lowest BCUT2D eigenvalue weighted by atomic mass is 10.1. The number of anilines is 1. The predicted molar refractivity (Wildman–Crippen MR) is 92.3 cm³/mol. The van der Waals surface area contributed by atoms with Crippen LogP contribution in [-0.4, -0.2) is 18.0 Å². The third-order valence-electron chi connectivity index (χ3n) is 3.75. The molecule has 2 rings (SSSR count). The summed E-state index contributed by atoms with van der Waals surface area (Å²) >= 11 is 0. The van der Waals surface area contributed by atoms with Crippen molar-refractivity contribution < 1.29 is 18.1 Å². The summed E-state index contributed by atoms with van der Waals surface area (Å²) < 4.78 is 39.3. The molecule has 0 aromatic heterocycles. The second-order valence-electron chi connectivity index (χ2n) is 5.35. The third-order valence-corrected chi connectivity index (χ3v) is 3.75. The molecular formula is C17H17F3N4O2. The molecule has 6 nitrogen and oxygen atoms in total. The molecule has 0 radical (unpaired) electrons. The van der Waals surface area contributed by atoms with Gasteiger partial charge in [-0.2, -0.15) is 18.3 Å². The van der Waals surface area contributed by atoms with E-state index >= 15 is 0 Å². The molecule has 0 N–H and O–H groups in total. The summed E-state index contributed by atoms with van der Waals surface area (Å²) in [6, 6.07) is 9.27. The molecule has 0 atom stereocenters. The number of nitro benzene ring substituents is 1. The van der Waals surface area contributed by atoms with Gasteiger partial charge in [-0.3, -0.25) is 10.1 Å². The fourth-order valence-electron chi connectivity index (χ4n) is 2.38. The van der Waals surface area contributed by atoms with Crippen molar-refractivity contribution in [2.45, 2.75) is 20.0 Å². The standard InChI is InChI=1S/C17H17F3N4O2/c1-3-23(4-2)13-7-5-12(6-8-13)21-22-16-10-9-14(24(25)26)11-15(16)17(18,19)20/h5-11H,3-4H2,1-2H3. The summed E-state index contributed by atoms with van der Waals surface area (Å²) in [5.41, 5.74) is -0.973. The van der Waals surface area contributed by atoms with Crippen molar-refractivity contribution in [3.63, 3.8) is 0 Å². The van der Waals surface area contributed by atoms with Gasteiger partial charge in [-0.25, -0.2) is 0 Å². The molecule has 2 aromatic carbocycles. The van der Waals surface area contributed by atoms with E-state index in [4.69, 9.17) is 0 Å². The third kappa shape index (κ3) is 4.56. The van der Waals surface area contributed by atoms with E-state index < -0.39 is 28.0 Å². The number of benzene rings is 2. The maximum absolute atomic E-state index is 13.1. The van der Waals surface area contributed by atoms with Crippen molar-refractivity contribution in [1.29, 1.82) is 0 Å². The molecule has 0 aliphatic carbocycles. The van der Waals surface area contributed by atoms with Crippen LogP contribution in [0.4, 0.5) is 35.9 Å². The zero-order valence-electron chi connectivity index (χ0n) is 14.2. The molecule has 26 heavy (non-hydrogen) atoms. The summed E-state index contributed by atoms with van der Waals surface area (Å²) in [4.78, 5) is 11.9. The van der Waals surface area contributed by atoms with Gasteiger partial charge < -0.3 is 4.90 Å². The van der Waals surface area contributed by atoms with Crippen LogP contribution in [0.15, 0.2) is 52.7 Å². The minimum absolute atomic E-state index is 0.382. The second-order valence-corrected chi connectivity index (χ2v) is 5.35. The molecule has 0 amide bonds. The van der Waals surface area contributed by atoms with Gasteiger partial charge in [-0.15, -0.1) is 5.11 Å². The normalized spacial score (nSPS) is 11.7. The van der Waals surface area contributed by atoms with Crippen molar-refractivity contribution in [2.75, 3.05) is 18.0 Å². The quantitative estimate of drug-likeness (QED) is 0.364. The lowest BCUT2D eigenvalue weighted by molar-refractivity contribution is -0.385. The molecule has 0 heterocycles. The first kappa shape index (κ1) is 19.4. The number of non-ortho nitro benzene ring substituents is 1. The number of hydrogen-bond donors (Lipinski definition) is 0. The van der Waals surface area contributed by atoms with Crippen LogP contribution in [0.25, 0.3) is 0 Å².